The second kappa shape index (κ2) is 2.36. The molecule has 9 heavy (non-hydrogen) atoms. The summed E-state index contributed by atoms with van der Waals surface area (Å²) in [5.41, 5.74) is 1.83. The predicted molar refractivity (Wildman–Crippen MR) is 34.9 cm³/mol. The Morgan fingerprint density at radius 3 is 2.89 bits per heavy atom. The first-order valence-electron chi connectivity index (χ1n) is 2.94. The third-order valence-electron chi connectivity index (χ3n) is 1.25. The number of aromatic amines is 1. The minimum absolute atomic E-state index is 0.715. The topological polar surface area (TPSA) is 39.6 Å². The van der Waals surface area contributed by atoms with Crippen LogP contribution in [0.25, 0.3) is 0 Å². The molecule has 1 rings (SSSR count). The Hall–Kier alpha value is -1.23. The molecule has 0 aliphatic rings. The Balaban J connectivity index is 2.90. The maximum absolute atomic E-state index is 8.38. The lowest BCUT2D eigenvalue weighted by molar-refractivity contribution is 1.06. The van der Waals surface area contributed by atoms with Crippen molar-refractivity contribution in [3.8, 4) is 6.07 Å². The number of rotatable bonds is 1. The minimum atomic E-state index is 0.715. The summed E-state index contributed by atoms with van der Waals surface area (Å²) in [5, 5.41) is 8.38. The molecule has 0 bridgehead atoms. The fourth-order valence-electron chi connectivity index (χ4n) is 0.710. The SMILES string of the molecule is CCc1cc(C#N)c[nH]1. The van der Waals surface area contributed by atoms with Crippen molar-refractivity contribution >= 4 is 0 Å². The van der Waals surface area contributed by atoms with Crippen LogP contribution in [0.3, 0.4) is 0 Å². The Labute approximate surface area is 54.1 Å². The largest absolute Gasteiger partial charge is 0.364 e. The lowest BCUT2D eigenvalue weighted by Crippen LogP contribution is -1.73. The van der Waals surface area contributed by atoms with Gasteiger partial charge >= 0.3 is 0 Å². The highest BCUT2D eigenvalue weighted by Gasteiger charge is 1.92. The molecule has 2 heteroatoms. The molecule has 0 saturated carbocycles. The molecule has 0 spiro atoms. The number of nitriles is 1. The number of aryl methyl sites for hydroxylation is 1. The lowest BCUT2D eigenvalue weighted by atomic mass is 10.3. The van der Waals surface area contributed by atoms with Crippen molar-refractivity contribution in [2.24, 2.45) is 0 Å². The van der Waals surface area contributed by atoms with E-state index in [2.05, 4.69) is 11.1 Å². The summed E-state index contributed by atoms with van der Waals surface area (Å²) in [5.74, 6) is 0. The highest BCUT2D eigenvalue weighted by Crippen LogP contribution is 2.00. The van der Waals surface area contributed by atoms with E-state index in [1.807, 2.05) is 13.0 Å². The fourth-order valence-corrected chi connectivity index (χ4v) is 0.710. The molecule has 1 aromatic rings. The van der Waals surface area contributed by atoms with Gasteiger partial charge in [0.2, 0.25) is 0 Å². The summed E-state index contributed by atoms with van der Waals surface area (Å²) < 4.78 is 0. The zero-order valence-corrected chi connectivity index (χ0v) is 5.31. The van der Waals surface area contributed by atoms with Crippen molar-refractivity contribution in [2.75, 3.05) is 0 Å². The highest BCUT2D eigenvalue weighted by atomic mass is 14.7. The standard InChI is InChI=1S/C7H8N2/c1-2-7-3-6(4-8)5-9-7/h3,5,9H,2H2,1H3. The molecular formula is C7H8N2. The Bertz CT molecular complexity index is 229. The van der Waals surface area contributed by atoms with Gasteiger partial charge < -0.3 is 4.98 Å². The van der Waals surface area contributed by atoms with Crippen molar-refractivity contribution in [1.29, 1.82) is 5.26 Å². The first kappa shape index (κ1) is 5.90. The van der Waals surface area contributed by atoms with Crippen molar-refractivity contribution < 1.29 is 0 Å². The molecule has 0 fully saturated rings. The van der Waals surface area contributed by atoms with Crippen LogP contribution in [0.2, 0.25) is 0 Å². The minimum Gasteiger partial charge on any atom is -0.364 e. The number of nitrogens with zero attached hydrogens (tertiary/aromatic N) is 1. The Kier molecular flexibility index (Phi) is 1.55. The van der Waals surface area contributed by atoms with Gasteiger partial charge in [-0.15, -0.1) is 0 Å². The molecule has 0 radical (unpaired) electrons. The molecule has 46 valence electrons. The van der Waals surface area contributed by atoms with E-state index in [1.165, 1.54) is 0 Å². The lowest BCUT2D eigenvalue weighted by Gasteiger charge is -1.81. The van der Waals surface area contributed by atoms with Gasteiger partial charge in [0.05, 0.1) is 5.56 Å². The van der Waals surface area contributed by atoms with Crippen LogP contribution in [-0.4, -0.2) is 4.98 Å². The Morgan fingerprint density at radius 2 is 2.56 bits per heavy atom. The predicted octanol–water partition coefficient (Wildman–Crippen LogP) is 1.45. The summed E-state index contributed by atoms with van der Waals surface area (Å²) in [6.45, 7) is 2.05. The number of nitrogens with one attached hydrogen (secondary N) is 1. The molecule has 0 aliphatic carbocycles. The number of hydrogen-bond donors (Lipinski definition) is 1. The van der Waals surface area contributed by atoms with E-state index in [9.17, 15) is 0 Å². The van der Waals surface area contributed by atoms with Gasteiger partial charge in [-0.25, -0.2) is 0 Å². The molecule has 1 heterocycles. The van der Waals surface area contributed by atoms with E-state index in [0.717, 1.165) is 12.1 Å². The third-order valence-corrected chi connectivity index (χ3v) is 1.25. The van der Waals surface area contributed by atoms with Gasteiger partial charge in [-0.1, -0.05) is 6.92 Å². The van der Waals surface area contributed by atoms with Gasteiger partial charge in [0.15, 0.2) is 0 Å². The third kappa shape index (κ3) is 1.11. The van der Waals surface area contributed by atoms with Crippen molar-refractivity contribution in [3.63, 3.8) is 0 Å². The van der Waals surface area contributed by atoms with Crippen molar-refractivity contribution in [1.82, 2.24) is 4.98 Å². The van der Waals surface area contributed by atoms with E-state index in [4.69, 9.17) is 5.26 Å². The average molecular weight is 120 g/mol. The van der Waals surface area contributed by atoms with Crippen LogP contribution in [0.5, 0.6) is 0 Å². The zero-order valence-electron chi connectivity index (χ0n) is 5.31. The molecule has 0 amide bonds. The van der Waals surface area contributed by atoms with E-state index in [1.54, 1.807) is 6.20 Å². The second-order valence-corrected chi connectivity index (χ2v) is 1.88. The fraction of sp³-hybridized carbons (Fsp3) is 0.286. The molecule has 1 N–H and O–H groups in total. The maximum Gasteiger partial charge on any atom is 0.101 e. The summed E-state index contributed by atoms with van der Waals surface area (Å²) in [4.78, 5) is 2.98. The molecule has 0 aliphatic heterocycles. The van der Waals surface area contributed by atoms with Crippen molar-refractivity contribution in [3.05, 3.63) is 23.5 Å². The van der Waals surface area contributed by atoms with E-state index >= 15 is 0 Å². The number of H-pyrrole nitrogens is 1. The quantitative estimate of drug-likeness (QED) is 0.598. The van der Waals surface area contributed by atoms with Gasteiger partial charge in [-0.2, -0.15) is 5.26 Å². The zero-order chi connectivity index (χ0) is 6.69. The first-order valence-corrected chi connectivity index (χ1v) is 2.94. The van der Waals surface area contributed by atoms with Crippen molar-refractivity contribution in [2.45, 2.75) is 13.3 Å². The van der Waals surface area contributed by atoms with Crippen LogP contribution in [0.1, 0.15) is 18.2 Å². The Morgan fingerprint density at radius 1 is 1.78 bits per heavy atom. The van der Waals surface area contributed by atoms with Crippen LogP contribution in [-0.2, 0) is 6.42 Å². The highest BCUT2D eigenvalue weighted by molar-refractivity contribution is 5.28. The van der Waals surface area contributed by atoms with E-state index in [-0.39, 0.29) is 0 Å². The number of hydrogen-bond acceptors (Lipinski definition) is 1. The molecule has 0 unspecified atom stereocenters. The van der Waals surface area contributed by atoms with Gasteiger partial charge in [0, 0.05) is 11.9 Å². The molecule has 0 aromatic carbocycles. The maximum atomic E-state index is 8.38. The van der Waals surface area contributed by atoms with Crippen LogP contribution in [0.4, 0.5) is 0 Å². The van der Waals surface area contributed by atoms with Crippen LogP contribution in [0.15, 0.2) is 12.3 Å². The smallest absolute Gasteiger partial charge is 0.101 e. The molecule has 0 saturated heterocycles. The van der Waals surface area contributed by atoms with E-state index < -0.39 is 0 Å². The van der Waals surface area contributed by atoms with Gasteiger partial charge in [-0.05, 0) is 12.5 Å². The van der Waals surface area contributed by atoms with Crippen LogP contribution in [0, 0.1) is 11.3 Å². The first-order chi connectivity index (χ1) is 4.36. The normalized spacial score (nSPS) is 8.89. The van der Waals surface area contributed by atoms with E-state index in [0.29, 0.717) is 5.56 Å². The van der Waals surface area contributed by atoms with Crippen LogP contribution >= 0.6 is 0 Å². The second-order valence-electron chi connectivity index (χ2n) is 1.88. The van der Waals surface area contributed by atoms with Crippen LogP contribution < -0.4 is 0 Å². The monoisotopic (exact) mass is 120 g/mol. The molecular weight excluding hydrogens is 112 g/mol. The van der Waals surface area contributed by atoms with Gasteiger partial charge in [-0.3, -0.25) is 0 Å². The molecule has 1 aromatic heterocycles. The van der Waals surface area contributed by atoms with Gasteiger partial charge in [0.25, 0.3) is 0 Å². The summed E-state index contributed by atoms with van der Waals surface area (Å²) in [7, 11) is 0. The van der Waals surface area contributed by atoms with Gasteiger partial charge in [0.1, 0.15) is 6.07 Å². The summed E-state index contributed by atoms with van der Waals surface area (Å²) in [6.07, 6.45) is 2.68. The number of aromatic nitrogens is 1. The summed E-state index contributed by atoms with van der Waals surface area (Å²) in [6, 6.07) is 3.91. The molecule has 2 nitrogen and oxygen atoms in total. The molecule has 0 atom stereocenters. The average Bonchev–Trinajstić information content (AvgIpc) is 2.34. The summed E-state index contributed by atoms with van der Waals surface area (Å²) >= 11 is 0.